The fourth-order valence-electron chi connectivity index (χ4n) is 4.21. The van der Waals surface area contributed by atoms with E-state index in [2.05, 4.69) is 20.2 Å². The maximum atomic E-state index is 11.8. The summed E-state index contributed by atoms with van der Waals surface area (Å²) in [5.41, 5.74) is 6.22. The Morgan fingerprint density at radius 2 is 1.39 bits per heavy atom. The third kappa shape index (κ3) is 4.67. The lowest BCUT2D eigenvalue weighted by Crippen LogP contribution is -2.06. The van der Waals surface area contributed by atoms with E-state index in [1.165, 1.54) is 31.9 Å². The first kappa shape index (κ1) is 23.9. The van der Waals surface area contributed by atoms with E-state index in [0.29, 0.717) is 47.5 Å². The number of aromatic nitrogens is 6. The van der Waals surface area contributed by atoms with Gasteiger partial charge in [-0.2, -0.15) is 10.2 Å². The van der Waals surface area contributed by atoms with Crippen molar-refractivity contribution in [3.05, 3.63) is 58.4 Å². The van der Waals surface area contributed by atoms with Crippen molar-refractivity contribution in [3.63, 3.8) is 0 Å². The highest BCUT2D eigenvalue weighted by Crippen LogP contribution is 2.40. The normalized spacial score (nSPS) is 15.0. The van der Waals surface area contributed by atoms with Crippen LogP contribution in [0.1, 0.15) is 94.9 Å². The van der Waals surface area contributed by atoms with Crippen LogP contribution >= 0.6 is 0 Å². The van der Waals surface area contributed by atoms with E-state index in [-0.39, 0.29) is 11.9 Å². The molecule has 0 bridgehead atoms. The summed E-state index contributed by atoms with van der Waals surface area (Å²) in [5, 5.41) is 8.47. The summed E-state index contributed by atoms with van der Waals surface area (Å²) in [6.07, 6.45) is 7.83. The third-order valence-electron chi connectivity index (χ3n) is 6.28. The molecule has 2 saturated carbocycles. The van der Waals surface area contributed by atoms with Gasteiger partial charge in [-0.25, -0.2) is 28.6 Å². The minimum Gasteiger partial charge on any atom is -0.462 e. The molecule has 0 aliphatic heterocycles. The largest absolute Gasteiger partial charge is 0.462 e. The van der Waals surface area contributed by atoms with Crippen LogP contribution in [-0.2, 0) is 9.47 Å². The average Bonchev–Trinajstić information content (AvgIpc) is 3.78. The number of aryl methyl sites for hydroxylation is 2. The maximum absolute atomic E-state index is 11.8. The van der Waals surface area contributed by atoms with E-state index in [0.717, 1.165) is 22.8 Å². The van der Waals surface area contributed by atoms with Crippen molar-refractivity contribution < 1.29 is 19.1 Å². The molecule has 10 heteroatoms. The van der Waals surface area contributed by atoms with Crippen molar-refractivity contribution in [2.45, 2.75) is 65.2 Å². The van der Waals surface area contributed by atoms with Gasteiger partial charge in [-0.15, -0.1) is 0 Å². The van der Waals surface area contributed by atoms with Crippen LogP contribution in [0.5, 0.6) is 0 Å². The van der Waals surface area contributed by atoms with Gasteiger partial charge in [-0.3, -0.25) is 0 Å². The van der Waals surface area contributed by atoms with Gasteiger partial charge in [-0.1, -0.05) is 0 Å². The van der Waals surface area contributed by atoms with E-state index in [4.69, 9.17) is 9.47 Å². The van der Waals surface area contributed by atoms with Crippen molar-refractivity contribution in [3.8, 4) is 0 Å². The van der Waals surface area contributed by atoms with Crippen molar-refractivity contribution in [2.24, 2.45) is 0 Å². The molecule has 0 aromatic carbocycles. The van der Waals surface area contributed by atoms with Gasteiger partial charge in [0, 0.05) is 34.6 Å². The van der Waals surface area contributed by atoms with E-state index < -0.39 is 0 Å². The zero-order valence-corrected chi connectivity index (χ0v) is 21.0. The maximum Gasteiger partial charge on any atom is 0.343 e. The lowest BCUT2D eigenvalue weighted by atomic mass is 10.2. The van der Waals surface area contributed by atoms with Crippen molar-refractivity contribution in [1.82, 2.24) is 29.2 Å². The molecule has 0 N–H and O–H groups in total. The number of rotatable bonds is 6. The van der Waals surface area contributed by atoms with E-state index in [1.54, 1.807) is 29.1 Å². The predicted molar refractivity (Wildman–Crippen MR) is 131 cm³/mol. The van der Waals surface area contributed by atoms with Crippen molar-refractivity contribution in [1.29, 1.82) is 0 Å². The minimum absolute atomic E-state index is 0.354. The Bertz CT molecular complexity index is 1430. The van der Waals surface area contributed by atoms with Crippen LogP contribution in [0.4, 0.5) is 0 Å². The van der Waals surface area contributed by atoms with Gasteiger partial charge >= 0.3 is 11.9 Å². The van der Waals surface area contributed by atoms with Gasteiger partial charge in [0.15, 0.2) is 11.3 Å². The molecule has 36 heavy (non-hydrogen) atoms. The van der Waals surface area contributed by atoms with Crippen LogP contribution in [-0.4, -0.2) is 54.3 Å². The SMILES string of the molecule is CCOC(=O)c1cnn2c(C)cc(C3CC3)nc12.CCOC(=O)c1cnn2c(C3CC3)cc(C)nc12. The highest BCUT2D eigenvalue weighted by atomic mass is 16.5. The summed E-state index contributed by atoms with van der Waals surface area (Å²) in [6, 6.07) is 4.10. The predicted octanol–water partition coefficient (Wildman–Crippen LogP) is 4.18. The molecular formula is C26H30N6O4. The standard InChI is InChI=1S/2C13H15N3O2/c1-3-18-13(17)10-7-14-16-8(2)6-11(9-4-5-9)15-12(10)16;1-3-18-13(17)10-7-14-16-11(9-4-5-9)6-8(2)15-12(10)16/h2*6-7,9H,3-5H2,1-2H3. The fraction of sp³-hybridized carbons (Fsp3) is 0.462. The third-order valence-corrected chi connectivity index (χ3v) is 6.28. The second-order valence-corrected chi connectivity index (χ2v) is 9.22. The van der Waals surface area contributed by atoms with E-state index in [1.807, 2.05) is 26.0 Å². The van der Waals surface area contributed by atoms with Crippen LogP contribution in [0.25, 0.3) is 11.3 Å². The summed E-state index contributed by atoms with van der Waals surface area (Å²) in [6.45, 7) is 8.21. The van der Waals surface area contributed by atoms with Gasteiger partial charge in [0.2, 0.25) is 0 Å². The Morgan fingerprint density at radius 1 is 0.833 bits per heavy atom. The van der Waals surface area contributed by atoms with Crippen LogP contribution < -0.4 is 0 Å². The number of carbonyl (C=O) groups is 2. The fourth-order valence-corrected chi connectivity index (χ4v) is 4.21. The summed E-state index contributed by atoms with van der Waals surface area (Å²) in [7, 11) is 0. The van der Waals surface area contributed by atoms with Crippen LogP contribution in [0.3, 0.4) is 0 Å². The summed E-state index contributed by atoms with van der Waals surface area (Å²) in [5.74, 6) is 0.405. The van der Waals surface area contributed by atoms with Crippen LogP contribution in [0.2, 0.25) is 0 Å². The molecule has 0 unspecified atom stereocenters. The lowest BCUT2D eigenvalue weighted by Gasteiger charge is -2.05. The molecule has 0 spiro atoms. The molecule has 0 amide bonds. The molecular weight excluding hydrogens is 460 g/mol. The lowest BCUT2D eigenvalue weighted by molar-refractivity contribution is 0.0518. The monoisotopic (exact) mass is 490 g/mol. The van der Waals surface area contributed by atoms with Gasteiger partial charge in [-0.05, 0) is 65.5 Å². The summed E-state index contributed by atoms with van der Waals surface area (Å²) >= 11 is 0. The van der Waals surface area contributed by atoms with Crippen LogP contribution in [0.15, 0.2) is 24.5 Å². The number of nitrogens with zero attached hydrogens (tertiary/aromatic N) is 6. The molecule has 10 nitrogen and oxygen atoms in total. The van der Waals surface area contributed by atoms with E-state index in [9.17, 15) is 9.59 Å². The number of hydrogen-bond donors (Lipinski definition) is 0. The summed E-state index contributed by atoms with van der Waals surface area (Å²) in [4.78, 5) is 32.6. The van der Waals surface area contributed by atoms with Crippen molar-refractivity contribution >= 4 is 23.2 Å². The zero-order valence-electron chi connectivity index (χ0n) is 21.0. The second kappa shape index (κ2) is 9.67. The Hall–Kier alpha value is -3.82. The molecule has 4 aromatic heterocycles. The molecule has 4 heterocycles. The number of hydrogen-bond acceptors (Lipinski definition) is 8. The molecule has 2 fully saturated rings. The van der Waals surface area contributed by atoms with Gasteiger partial charge in [0.25, 0.3) is 0 Å². The van der Waals surface area contributed by atoms with E-state index >= 15 is 0 Å². The zero-order chi connectivity index (χ0) is 25.4. The Labute approximate surface area is 208 Å². The molecule has 6 rings (SSSR count). The Kier molecular flexibility index (Phi) is 6.42. The molecule has 0 atom stereocenters. The molecule has 0 radical (unpaired) electrons. The Morgan fingerprint density at radius 3 is 1.94 bits per heavy atom. The molecule has 2 aliphatic rings. The molecule has 0 saturated heterocycles. The van der Waals surface area contributed by atoms with Crippen LogP contribution in [0, 0.1) is 13.8 Å². The molecule has 4 aromatic rings. The Balaban J connectivity index is 0.000000148. The quantitative estimate of drug-likeness (QED) is 0.370. The van der Waals surface area contributed by atoms with Gasteiger partial charge < -0.3 is 9.47 Å². The second-order valence-electron chi connectivity index (χ2n) is 9.22. The highest BCUT2D eigenvalue weighted by Gasteiger charge is 2.29. The first-order valence-electron chi connectivity index (χ1n) is 12.5. The molecule has 188 valence electrons. The number of fused-ring (bicyclic) bond motifs is 2. The number of carbonyl (C=O) groups excluding carboxylic acids is 2. The first-order chi connectivity index (χ1) is 17.4. The smallest absolute Gasteiger partial charge is 0.343 e. The van der Waals surface area contributed by atoms with Gasteiger partial charge in [0.1, 0.15) is 11.1 Å². The van der Waals surface area contributed by atoms with Gasteiger partial charge in [0.05, 0.1) is 25.6 Å². The van der Waals surface area contributed by atoms with Crippen molar-refractivity contribution in [2.75, 3.05) is 13.2 Å². The summed E-state index contributed by atoms with van der Waals surface area (Å²) < 4.78 is 13.5. The number of ether oxygens (including phenoxy) is 2. The first-order valence-corrected chi connectivity index (χ1v) is 12.5. The number of esters is 2. The molecule has 2 aliphatic carbocycles. The topological polar surface area (TPSA) is 113 Å². The average molecular weight is 491 g/mol. The minimum atomic E-state index is -0.354. The highest BCUT2D eigenvalue weighted by molar-refractivity contribution is 5.96.